The Morgan fingerprint density at radius 1 is 1.07 bits per heavy atom. The summed E-state index contributed by atoms with van der Waals surface area (Å²) in [4.78, 5) is 21.2. The topological polar surface area (TPSA) is 76.2 Å². The maximum Gasteiger partial charge on any atom is 0.265 e. The van der Waals surface area contributed by atoms with Gasteiger partial charge in [-0.1, -0.05) is 24.3 Å². The van der Waals surface area contributed by atoms with E-state index in [0.29, 0.717) is 27.9 Å². The van der Waals surface area contributed by atoms with Crippen molar-refractivity contribution in [3.05, 3.63) is 76.2 Å². The summed E-state index contributed by atoms with van der Waals surface area (Å²) >= 11 is 1.38. The van der Waals surface area contributed by atoms with E-state index in [9.17, 15) is 4.79 Å². The Kier molecular flexibility index (Phi) is 5.31. The Hall–Kier alpha value is -3.58. The minimum absolute atomic E-state index is 0.188. The van der Waals surface area contributed by atoms with Gasteiger partial charge in [-0.05, 0) is 47.4 Å². The van der Waals surface area contributed by atoms with Gasteiger partial charge >= 0.3 is 0 Å². The molecule has 2 heterocycles. The van der Waals surface area contributed by atoms with E-state index in [-0.39, 0.29) is 5.91 Å². The van der Waals surface area contributed by atoms with E-state index in [4.69, 9.17) is 9.47 Å². The molecule has 2 N–H and O–H groups in total. The molecule has 7 heteroatoms. The van der Waals surface area contributed by atoms with E-state index in [1.54, 1.807) is 20.3 Å². The predicted molar refractivity (Wildman–Crippen MR) is 115 cm³/mol. The van der Waals surface area contributed by atoms with Crippen molar-refractivity contribution < 1.29 is 14.3 Å². The Morgan fingerprint density at radius 3 is 2.62 bits per heavy atom. The van der Waals surface area contributed by atoms with Crippen LogP contribution in [0, 0.1) is 0 Å². The lowest BCUT2D eigenvalue weighted by atomic mass is 10.1. The molecule has 0 saturated carbocycles. The zero-order chi connectivity index (χ0) is 20.2. The van der Waals surface area contributed by atoms with Crippen LogP contribution in [0.1, 0.15) is 21.1 Å². The van der Waals surface area contributed by atoms with Crippen LogP contribution in [0.2, 0.25) is 0 Å². The number of carbonyl (C=O) groups is 1. The Bertz CT molecular complexity index is 1150. The zero-order valence-electron chi connectivity index (χ0n) is 15.9. The lowest BCUT2D eigenvalue weighted by Gasteiger charge is -2.10. The van der Waals surface area contributed by atoms with Crippen LogP contribution in [0.4, 0.5) is 0 Å². The summed E-state index contributed by atoms with van der Waals surface area (Å²) in [6.07, 6.45) is 1.85. The third-order valence-corrected chi connectivity index (χ3v) is 5.22. The number of ether oxygens (including phenoxy) is 2. The number of para-hydroxylation sites is 2. The first-order valence-corrected chi connectivity index (χ1v) is 9.79. The highest BCUT2D eigenvalue weighted by atomic mass is 32.1. The number of amides is 1. The van der Waals surface area contributed by atoms with Gasteiger partial charge in [-0.3, -0.25) is 4.79 Å². The van der Waals surface area contributed by atoms with Crippen molar-refractivity contribution in [3.63, 3.8) is 0 Å². The standard InChI is InChI=1S/C22H19N3O3S/c1-27-18-10-9-14(13-19(18)28-2)12-17(25-22(26)20-8-5-11-29-20)21-23-15-6-3-4-7-16(15)24-21/h3-13H,1-2H3,(H,23,24)(H,25,26). The van der Waals surface area contributed by atoms with Gasteiger partial charge in [0, 0.05) is 0 Å². The first-order chi connectivity index (χ1) is 14.2. The highest BCUT2D eigenvalue weighted by Gasteiger charge is 2.14. The van der Waals surface area contributed by atoms with Crippen LogP contribution in [0.3, 0.4) is 0 Å². The van der Waals surface area contributed by atoms with Gasteiger partial charge in [0.25, 0.3) is 5.91 Å². The number of nitrogens with zero attached hydrogens (tertiary/aromatic N) is 1. The van der Waals surface area contributed by atoms with E-state index in [0.717, 1.165) is 16.6 Å². The molecule has 0 aliphatic carbocycles. The van der Waals surface area contributed by atoms with Crippen molar-refractivity contribution in [1.82, 2.24) is 15.3 Å². The number of carbonyl (C=O) groups excluding carboxylic acids is 1. The van der Waals surface area contributed by atoms with E-state index in [1.807, 2.05) is 60.0 Å². The molecule has 146 valence electrons. The molecule has 29 heavy (non-hydrogen) atoms. The van der Waals surface area contributed by atoms with Crippen molar-refractivity contribution in [2.75, 3.05) is 14.2 Å². The average Bonchev–Trinajstić information content (AvgIpc) is 3.43. The molecule has 0 spiro atoms. The quantitative estimate of drug-likeness (QED) is 0.493. The lowest BCUT2D eigenvalue weighted by Crippen LogP contribution is -2.21. The molecule has 2 aromatic carbocycles. The number of hydrogen-bond donors (Lipinski definition) is 2. The van der Waals surface area contributed by atoms with Crippen LogP contribution >= 0.6 is 11.3 Å². The van der Waals surface area contributed by atoms with Crippen LogP contribution in [-0.4, -0.2) is 30.1 Å². The fraction of sp³-hybridized carbons (Fsp3) is 0.0909. The van der Waals surface area contributed by atoms with E-state index in [1.165, 1.54) is 11.3 Å². The smallest absolute Gasteiger partial charge is 0.265 e. The Morgan fingerprint density at radius 2 is 1.90 bits per heavy atom. The molecule has 0 fully saturated rings. The second-order valence-corrected chi connectivity index (χ2v) is 7.15. The Balaban J connectivity index is 1.77. The molecular weight excluding hydrogens is 386 g/mol. The van der Waals surface area contributed by atoms with Crippen molar-refractivity contribution in [1.29, 1.82) is 0 Å². The third kappa shape index (κ3) is 4.00. The molecule has 1 amide bonds. The number of fused-ring (bicyclic) bond motifs is 1. The van der Waals surface area contributed by atoms with Gasteiger partial charge in [-0.15, -0.1) is 11.3 Å². The second kappa shape index (κ2) is 8.20. The number of nitrogens with one attached hydrogen (secondary N) is 2. The van der Waals surface area contributed by atoms with E-state index < -0.39 is 0 Å². The number of methoxy groups -OCH3 is 2. The SMILES string of the molecule is COc1ccc(C=C(NC(=O)c2cccs2)c2nc3ccccc3[nH]2)cc1OC. The molecule has 2 aromatic heterocycles. The van der Waals surface area contributed by atoms with Crippen molar-refractivity contribution in [3.8, 4) is 11.5 Å². The normalized spacial score (nSPS) is 11.4. The maximum atomic E-state index is 12.7. The second-order valence-electron chi connectivity index (χ2n) is 6.21. The van der Waals surface area contributed by atoms with Crippen molar-refractivity contribution in [2.45, 2.75) is 0 Å². The molecule has 0 bridgehead atoms. The summed E-state index contributed by atoms with van der Waals surface area (Å²) in [5, 5.41) is 4.85. The summed E-state index contributed by atoms with van der Waals surface area (Å²) in [6, 6.07) is 16.9. The minimum Gasteiger partial charge on any atom is -0.493 e. The van der Waals surface area contributed by atoms with E-state index >= 15 is 0 Å². The van der Waals surface area contributed by atoms with Gasteiger partial charge in [0.15, 0.2) is 17.3 Å². The number of aromatic nitrogens is 2. The first kappa shape index (κ1) is 18.8. The molecule has 0 radical (unpaired) electrons. The summed E-state index contributed by atoms with van der Waals surface area (Å²) < 4.78 is 10.7. The van der Waals surface area contributed by atoms with Gasteiger partial charge in [-0.2, -0.15) is 0 Å². The Labute approximate surface area is 171 Å². The number of hydrogen-bond acceptors (Lipinski definition) is 5. The average molecular weight is 405 g/mol. The minimum atomic E-state index is -0.188. The summed E-state index contributed by atoms with van der Waals surface area (Å²) in [6.45, 7) is 0. The number of rotatable bonds is 6. The number of imidazole rings is 1. The molecule has 0 aliphatic rings. The van der Waals surface area contributed by atoms with Crippen molar-refractivity contribution in [2.24, 2.45) is 0 Å². The zero-order valence-corrected chi connectivity index (χ0v) is 16.7. The highest BCUT2D eigenvalue weighted by molar-refractivity contribution is 7.12. The molecule has 4 rings (SSSR count). The first-order valence-electron chi connectivity index (χ1n) is 8.91. The molecule has 0 saturated heterocycles. The van der Waals surface area contributed by atoms with E-state index in [2.05, 4.69) is 15.3 Å². The van der Waals surface area contributed by atoms with Crippen LogP contribution in [0.25, 0.3) is 22.8 Å². The van der Waals surface area contributed by atoms with Gasteiger partial charge < -0.3 is 19.8 Å². The molecule has 0 atom stereocenters. The van der Waals surface area contributed by atoms with Crippen LogP contribution < -0.4 is 14.8 Å². The lowest BCUT2D eigenvalue weighted by molar-refractivity contribution is 0.0977. The van der Waals surface area contributed by atoms with Crippen LogP contribution in [-0.2, 0) is 0 Å². The molecule has 0 unspecified atom stereocenters. The van der Waals surface area contributed by atoms with Gasteiger partial charge in [0.2, 0.25) is 0 Å². The van der Waals surface area contributed by atoms with Gasteiger partial charge in [-0.25, -0.2) is 4.98 Å². The predicted octanol–water partition coefficient (Wildman–Crippen LogP) is 4.57. The number of aromatic amines is 1. The fourth-order valence-corrected chi connectivity index (χ4v) is 3.56. The summed E-state index contributed by atoms with van der Waals surface area (Å²) in [7, 11) is 3.18. The van der Waals surface area contributed by atoms with Crippen molar-refractivity contribution >= 4 is 40.1 Å². The van der Waals surface area contributed by atoms with Crippen LogP contribution in [0.15, 0.2) is 60.0 Å². The summed E-state index contributed by atoms with van der Waals surface area (Å²) in [5.41, 5.74) is 3.12. The van der Waals surface area contributed by atoms with Crippen LogP contribution in [0.5, 0.6) is 11.5 Å². The van der Waals surface area contributed by atoms with Gasteiger partial charge in [0.1, 0.15) is 0 Å². The van der Waals surface area contributed by atoms with Gasteiger partial charge in [0.05, 0.1) is 35.8 Å². The summed E-state index contributed by atoms with van der Waals surface area (Å²) in [5.74, 6) is 1.63. The molecule has 4 aromatic rings. The molecule has 0 aliphatic heterocycles. The highest BCUT2D eigenvalue weighted by Crippen LogP contribution is 2.29. The fourth-order valence-electron chi connectivity index (χ4n) is 2.94. The maximum absolute atomic E-state index is 12.7. The number of thiophene rings is 1. The number of benzene rings is 2. The largest absolute Gasteiger partial charge is 0.493 e. The monoisotopic (exact) mass is 405 g/mol. The molecular formula is C22H19N3O3S. The number of H-pyrrole nitrogens is 1. The third-order valence-electron chi connectivity index (χ3n) is 4.36. The molecule has 6 nitrogen and oxygen atoms in total.